The monoisotopic (exact) mass is 328 g/mol. The second kappa shape index (κ2) is 5.31. The zero-order valence-corrected chi connectivity index (χ0v) is 15.0. The van der Waals surface area contributed by atoms with Crippen molar-refractivity contribution in [3.05, 3.63) is 23.8 Å². The van der Waals surface area contributed by atoms with Crippen molar-refractivity contribution >= 4 is 11.8 Å². The average Bonchev–Trinajstić information content (AvgIpc) is 2.84. The first-order valence-electron chi connectivity index (χ1n) is 9.46. The molecule has 6 atom stereocenters. The van der Waals surface area contributed by atoms with Crippen LogP contribution in [0.2, 0.25) is 0 Å². The van der Waals surface area contributed by atoms with Gasteiger partial charge in [0.2, 0.25) is 0 Å². The first kappa shape index (κ1) is 16.1. The van der Waals surface area contributed by atoms with E-state index < -0.39 is 0 Å². The summed E-state index contributed by atoms with van der Waals surface area (Å²) in [7, 11) is 0. The van der Waals surface area contributed by atoms with Gasteiger partial charge in [0.1, 0.15) is 6.10 Å². The van der Waals surface area contributed by atoms with Gasteiger partial charge in [-0.25, -0.2) is 0 Å². The minimum Gasteiger partial charge on any atom is -0.462 e. The molecule has 0 radical (unpaired) electrons. The summed E-state index contributed by atoms with van der Waals surface area (Å²) < 4.78 is 5.70. The van der Waals surface area contributed by atoms with Crippen molar-refractivity contribution in [3.63, 3.8) is 0 Å². The highest BCUT2D eigenvalue weighted by atomic mass is 16.5. The standard InChI is InChI=1S/C21H28O3/c1-13(22)24-19-7-6-17-16-5-4-14-12-15(23)8-10-20(14,2)18(16)9-11-21(17,19)3/h8,10,12,16-19H,4-7,9,11H2,1-3H3/t16-,17-,18-,19-,20+,21+/m1/s1. The normalized spacial score (nSPS) is 46.6. The van der Waals surface area contributed by atoms with E-state index in [0.717, 1.165) is 19.3 Å². The van der Waals surface area contributed by atoms with E-state index >= 15 is 0 Å². The van der Waals surface area contributed by atoms with E-state index in [1.165, 1.54) is 31.8 Å². The van der Waals surface area contributed by atoms with Crippen molar-refractivity contribution < 1.29 is 14.3 Å². The fourth-order valence-corrected chi connectivity index (χ4v) is 6.54. The molecular formula is C21H28O3. The van der Waals surface area contributed by atoms with Gasteiger partial charge in [0.15, 0.2) is 5.78 Å². The molecule has 0 aliphatic heterocycles. The van der Waals surface area contributed by atoms with Crippen LogP contribution in [0.1, 0.15) is 59.3 Å². The lowest BCUT2D eigenvalue weighted by molar-refractivity contribution is -0.156. The minimum atomic E-state index is -0.140. The van der Waals surface area contributed by atoms with Crippen LogP contribution in [0, 0.1) is 28.6 Å². The summed E-state index contributed by atoms with van der Waals surface area (Å²) in [5.41, 5.74) is 1.53. The summed E-state index contributed by atoms with van der Waals surface area (Å²) >= 11 is 0. The van der Waals surface area contributed by atoms with Crippen molar-refractivity contribution in [2.24, 2.45) is 28.6 Å². The maximum atomic E-state index is 11.8. The lowest BCUT2D eigenvalue weighted by atomic mass is 9.48. The van der Waals surface area contributed by atoms with Crippen LogP contribution in [-0.4, -0.2) is 17.9 Å². The number of hydrogen-bond acceptors (Lipinski definition) is 3. The van der Waals surface area contributed by atoms with E-state index in [4.69, 9.17) is 4.74 Å². The van der Waals surface area contributed by atoms with E-state index in [2.05, 4.69) is 19.9 Å². The molecule has 0 N–H and O–H groups in total. The molecule has 0 bridgehead atoms. The molecule has 3 fully saturated rings. The lowest BCUT2D eigenvalue weighted by Crippen LogP contribution is -2.50. The molecule has 3 nitrogen and oxygen atoms in total. The summed E-state index contributed by atoms with van der Waals surface area (Å²) in [6, 6.07) is 0. The van der Waals surface area contributed by atoms with Crippen LogP contribution < -0.4 is 0 Å². The van der Waals surface area contributed by atoms with Gasteiger partial charge in [0, 0.05) is 17.8 Å². The van der Waals surface area contributed by atoms with Gasteiger partial charge >= 0.3 is 5.97 Å². The molecule has 0 spiro atoms. The second-order valence-corrected chi connectivity index (χ2v) is 8.82. The minimum absolute atomic E-state index is 0.0533. The summed E-state index contributed by atoms with van der Waals surface area (Å²) in [5.74, 6) is 1.96. The van der Waals surface area contributed by atoms with E-state index in [0.29, 0.717) is 17.8 Å². The Labute approximate surface area is 144 Å². The molecule has 4 rings (SSSR count). The van der Waals surface area contributed by atoms with E-state index in [1.807, 2.05) is 6.08 Å². The zero-order chi connectivity index (χ0) is 17.1. The van der Waals surface area contributed by atoms with Gasteiger partial charge in [0.25, 0.3) is 0 Å². The molecule has 130 valence electrons. The van der Waals surface area contributed by atoms with Crippen LogP contribution in [0.15, 0.2) is 23.8 Å². The molecule has 0 unspecified atom stereocenters. The van der Waals surface area contributed by atoms with Crippen LogP contribution in [0.4, 0.5) is 0 Å². The van der Waals surface area contributed by atoms with Crippen LogP contribution in [-0.2, 0) is 14.3 Å². The molecule has 0 amide bonds. The van der Waals surface area contributed by atoms with Crippen molar-refractivity contribution in [3.8, 4) is 0 Å². The molecule has 4 aliphatic carbocycles. The number of hydrogen-bond donors (Lipinski definition) is 0. The molecule has 0 aromatic rings. The summed E-state index contributed by atoms with van der Waals surface area (Å²) in [5, 5.41) is 0. The van der Waals surface area contributed by atoms with Crippen LogP contribution >= 0.6 is 0 Å². The summed E-state index contributed by atoms with van der Waals surface area (Å²) in [6.45, 7) is 6.22. The van der Waals surface area contributed by atoms with Crippen molar-refractivity contribution in [1.29, 1.82) is 0 Å². The molecule has 3 heteroatoms. The van der Waals surface area contributed by atoms with Crippen LogP contribution in [0.3, 0.4) is 0 Å². The van der Waals surface area contributed by atoms with Crippen molar-refractivity contribution in [2.45, 2.75) is 65.4 Å². The fourth-order valence-electron chi connectivity index (χ4n) is 6.54. The van der Waals surface area contributed by atoms with E-state index in [1.54, 1.807) is 6.08 Å². The second-order valence-electron chi connectivity index (χ2n) is 8.82. The maximum Gasteiger partial charge on any atom is 0.302 e. The molecule has 0 aromatic carbocycles. The summed E-state index contributed by atoms with van der Waals surface area (Å²) in [4.78, 5) is 23.3. The molecule has 4 aliphatic rings. The molecular weight excluding hydrogens is 300 g/mol. The highest BCUT2D eigenvalue weighted by Gasteiger charge is 2.59. The Kier molecular flexibility index (Phi) is 3.56. The predicted molar refractivity (Wildman–Crippen MR) is 92.2 cm³/mol. The Morgan fingerprint density at radius 2 is 1.96 bits per heavy atom. The molecule has 0 heterocycles. The lowest BCUT2D eigenvalue weighted by Gasteiger charge is -2.56. The Morgan fingerprint density at radius 3 is 2.71 bits per heavy atom. The zero-order valence-electron chi connectivity index (χ0n) is 15.0. The highest BCUT2D eigenvalue weighted by molar-refractivity contribution is 6.01. The Hall–Kier alpha value is -1.38. The fraction of sp³-hybridized carbons (Fsp3) is 0.714. The number of rotatable bonds is 1. The van der Waals surface area contributed by atoms with Gasteiger partial charge in [-0.3, -0.25) is 9.59 Å². The van der Waals surface area contributed by atoms with Crippen molar-refractivity contribution in [2.75, 3.05) is 0 Å². The Morgan fingerprint density at radius 1 is 1.17 bits per heavy atom. The largest absolute Gasteiger partial charge is 0.462 e. The van der Waals surface area contributed by atoms with Crippen LogP contribution in [0.5, 0.6) is 0 Å². The SMILES string of the molecule is CC(=O)O[C@@H]1CC[C@@H]2[C@H]3CCC4=CC(=O)C=C[C@]4(C)[C@@H]3CC[C@@]21C. The first-order valence-corrected chi connectivity index (χ1v) is 9.46. The average molecular weight is 328 g/mol. The van der Waals surface area contributed by atoms with E-state index in [-0.39, 0.29) is 28.7 Å². The number of carbonyl (C=O) groups excluding carboxylic acids is 2. The third kappa shape index (κ3) is 2.16. The van der Waals surface area contributed by atoms with E-state index in [9.17, 15) is 9.59 Å². The van der Waals surface area contributed by atoms with Gasteiger partial charge in [-0.05, 0) is 68.4 Å². The number of fused-ring (bicyclic) bond motifs is 5. The topological polar surface area (TPSA) is 43.4 Å². The molecule has 24 heavy (non-hydrogen) atoms. The highest BCUT2D eigenvalue weighted by Crippen LogP contribution is 2.64. The Balaban J connectivity index is 1.63. The molecule has 0 saturated heterocycles. The number of esters is 1. The van der Waals surface area contributed by atoms with Gasteiger partial charge < -0.3 is 4.74 Å². The smallest absolute Gasteiger partial charge is 0.302 e. The predicted octanol–water partition coefficient (Wildman–Crippen LogP) is 4.23. The number of ether oxygens (including phenoxy) is 1. The maximum absolute atomic E-state index is 11.8. The molecule has 3 saturated carbocycles. The number of carbonyl (C=O) groups is 2. The van der Waals surface area contributed by atoms with Crippen LogP contribution in [0.25, 0.3) is 0 Å². The quantitative estimate of drug-likeness (QED) is 0.677. The first-order chi connectivity index (χ1) is 11.3. The number of allylic oxidation sites excluding steroid dienone is 4. The number of ketones is 1. The van der Waals surface area contributed by atoms with Gasteiger partial charge in [0.05, 0.1) is 0 Å². The molecule has 0 aromatic heterocycles. The third-order valence-electron chi connectivity index (χ3n) is 7.78. The van der Waals surface area contributed by atoms with Gasteiger partial charge in [-0.15, -0.1) is 0 Å². The van der Waals surface area contributed by atoms with Crippen molar-refractivity contribution in [1.82, 2.24) is 0 Å². The summed E-state index contributed by atoms with van der Waals surface area (Å²) in [6.07, 6.45) is 12.6. The van der Waals surface area contributed by atoms with Gasteiger partial charge in [-0.2, -0.15) is 0 Å². The van der Waals surface area contributed by atoms with Gasteiger partial charge in [-0.1, -0.05) is 25.5 Å². The Bertz CT molecular complexity index is 645. The third-order valence-corrected chi connectivity index (χ3v) is 7.78.